The molecule has 0 amide bonds. The van der Waals surface area contributed by atoms with E-state index < -0.39 is 0 Å². The molecular weight excluding hydrogens is 276 g/mol. The zero-order valence-corrected chi connectivity index (χ0v) is 12.6. The van der Waals surface area contributed by atoms with E-state index in [0.29, 0.717) is 12.6 Å². The van der Waals surface area contributed by atoms with E-state index in [4.69, 9.17) is 9.47 Å². The number of thiophene rings is 1. The maximum absolute atomic E-state index is 5.57. The van der Waals surface area contributed by atoms with Crippen molar-refractivity contribution in [2.45, 2.75) is 26.4 Å². The molecule has 7 heteroatoms. The Balaban J connectivity index is 1.98. The average Bonchev–Trinajstić information content (AvgIpc) is 2.91. The van der Waals surface area contributed by atoms with Gasteiger partial charge in [0.1, 0.15) is 0 Å². The van der Waals surface area contributed by atoms with Crippen molar-refractivity contribution in [3.8, 4) is 12.0 Å². The van der Waals surface area contributed by atoms with Gasteiger partial charge in [0.15, 0.2) is 0 Å². The fourth-order valence-corrected chi connectivity index (χ4v) is 2.17. The molecule has 0 aliphatic heterocycles. The van der Waals surface area contributed by atoms with Crippen molar-refractivity contribution in [1.29, 1.82) is 0 Å². The zero-order chi connectivity index (χ0) is 14.4. The van der Waals surface area contributed by atoms with Gasteiger partial charge in [0.05, 0.1) is 12.7 Å². The molecule has 108 valence electrons. The first-order valence-corrected chi connectivity index (χ1v) is 7.31. The fraction of sp³-hybridized carbons (Fsp3) is 0.462. The molecule has 0 unspecified atom stereocenters. The summed E-state index contributed by atoms with van der Waals surface area (Å²) >= 11 is 1.71. The third kappa shape index (κ3) is 4.34. The summed E-state index contributed by atoms with van der Waals surface area (Å²) in [5.41, 5.74) is 0. The standard InChI is InChI=1S/C13H18N4O2S/c1-9(2)19-13-16-11(14-3)15-12(17-13)18-7-6-10-5-4-8-20-10/h4-5,8-9H,6-7H2,1-3H3,(H,14,15,16,17). The third-order valence-corrected chi connectivity index (χ3v) is 3.25. The van der Waals surface area contributed by atoms with Gasteiger partial charge in [0.2, 0.25) is 5.95 Å². The molecule has 0 aliphatic rings. The number of nitrogens with zero attached hydrogens (tertiary/aromatic N) is 3. The molecule has 0 spiro atoms. The van der Waals surface area contributed by atoms with E-state index in [1.54, 1.807) is 18.4 Å². The van der Waals surface area contributed by atoms with Gasteiger partial charge >= 0.3 is 12.0 Å². The van der Waals surface area contributed by atoms with Crippen LogP contribution < -0.4 is 14.8 Å². The predicted molar refractivity (Wildman–Crippen MR) is 78.7 cm³/mol. The summed E-state index contributed by atoms with van der Waals surface area (Å²) in [6, 6.07) is 4.65. The zero-order valence-electron chi connectivity index (χ0n) is 11.8. The van der Waals surface area contributed by atoms with Crippen LogP contribution in [0.5, 0.6) is 12.0 Å². The molecule has 0 radical (unpaired) electrons. The number of hydrogen-bond donors (Lipinski definition) is 1. The van der Waals surface area contributed by atoms with Gasteiger partial charge in [-0.3, -0.25) is 0 Å². The van der Waals surface area contributed by atoms with Gasteiger partial charge in [-0.05, 0) is 25.3 Å². The quantitative estimate of drug-likeness (QED) is 0.845. The van der Waals surface area contributed by atoms with Gasteiger partial charge in [-0.2, -0.15) is 9.97 Å². The van der Waals surface area contributed by atoms with E-state index >= 15 is 0 Å². The normalized spacial score (nSPS) is 10.6. The minimum Gasteiger partial charge on any atom is -0.463 e. The number of ether oxygens (including phenoxy) is 2. The molecule has 6 nitrogen and oxygen atoms in total. The van der Waals surface area contributed by atoms with Gasteiger partial charge in [-0.25, -0.2) is 0 Å². The second kappa shape index (κ2) is 7.04. The molecule has 1 N–H and O–H groups in total. The van der Waals surface area contributed by atoms with Crippen LogP contribution in [0.3, 0.4) is 0 Å². The van der Waals surface area contributed by atoms with Gasteiger partial charge in [-0.15, -0.1) is 16.3 Å². The summed E-state index contributed by atoms with van der Waals surface area (Å²) in [5.74, 6) is 0.432. The monoisotopic (exact) mass is 294 g/mol. The Labute approximate surface area is 122 Å². The number of rotatable bonds is 7. The van der Waals surface area contributed by atoms with E-state index in [1.165, 1.54) is 4.88 Å². The first kappa shape index (κ1) is 14.5. The molecule has 20 heavy (non-hydrogen) atoms. The lowest BCUT2D eigenvalue weighted by molar-refractivity contribution is 0.213. The summed E-state index contributed by atoms with van der Waals surface area (Å²) in [5, 5.41) is 4.91. The highest BCUT2D eigenvalue weighted by atomic mass is 32.1. The Hall–Kier alpha value is -1.89. The maximum Gasteiger partial charge on any atom is 0.324 e. The molecule has 0 aromatic carbocycles. The average molecular weight is 294 g/mol. The lowest BCUT2D eigenvalue weighted by atomic mass is 10.4. The highest BCUT2D eigenvalue weighted by Crippen LogP contribution is 2.15. The molecule has 0 atom stereocenters. The molecule has 0 saturated carbocycles. The smallest absolute Gasteiger partial charge is 0.324 e. The molecule has 2 heterocycles. The predicted octanol–water partition coefficient (Wildman–Crippen LogP) is 2.38. The van der Waals surface area contributed by atoms with Crippen molar-refractivity contribution in [2.75, 3.05) is 19.0 Å². The Bertz CT molecular complexity index is 531. The summed E-state index contributed by atoms with van der Waals surface area (Å²) in [4.78, 5) is 13.7. The first-order valence-electron chi connectivity index (χ1n) is 6.43. The van der Waals surface area contributed by atoms with Crippen molar-refractivity contribution >= 4 is 17.3 Å². The van der Waals surface area contributed by atoms with Crippen molar-refractivity contribution < 1.29 is 9.47 Å². The minimum absolute atomic E-state index is 0.000995. The minimum atomic E-state index is 0.000995. The molecule has 0 fully saturated rings. The topological polar surface area (TPSA) is 69.2 Å². The van der Waals surface area contributed by atoms with Crippen molar-refractivity contribution in [2.24, 2.45) is 0 Å². The van der Waals surface area contributed by atoms with E-state index in [1.807, 2.05) is 25.3 Å². The van der Waals surface area contributed by atoms with E-state index in [-0.39, 0.29) is 18.1 Å². The second-order valence-electron chi connectivity index (χ2n) is 4.32. The van der Waals surface area contributed by atoms with Crippen LogP contribution in [0.15, 0.2) is 17.5 Å². The number of anilines is 1. The van der Waals surface area contributed by atoms with Gasteiger partial charge < -0.3 is 14.8 Å². The Morgan fingerprint density at radius 3 is 2.70 bits per heavy atom. The number of hydrogen-bond acceptors (Lipinski definition) is 7. The summed E-state index contributed by atoms with van der Waals surface area (Å²) in [7, 11) is 1.74. The highest BCUT2D eigenvalue weighted by molar-refractivity contribution is 7.09. The van der Waals surface area contributed by atoms with Crippen molar-refractivity contribution in [3.63, 3.8) is 0 Å². The van der Waals surface area contributed by atoms with Gasteiger partial charge in [0, 0.05) is 18.3 Å². The van der Waals surface area contributed by atoms with Crippen LogP contribution in [-0.4, -0.2) is 34.7 Å². The molecule has 2 rings (SSSR count). The lowest BCUT2D eigenvalue weighted by Gasteiger charge is -2.10. The van der Waals surface area contributed by atoms with Crippen molar-refractivity contribution in [3.05, 3.63) is 22.4 Å². The maximum atomic E-state index is 5.57. The molecular formula is C13H18N4O2S. The Morgan fingerprint density at radius 1 is 1.25 bits per heavy atom. The van der Waals surface area contributed by atoms with E-state index in [2.05, 4.69) is 26.3 Å². The fourth-order valence-electron chi connectivity index (χ4n) is 1.48. The lowest BCUT2D eigenvalue weighted by Crippen LogP contribution is -2.12. The van der Waals surface area contributed by atoms with Crippen LogP contribution in [0, 0.1) is 0 Å². The van der Waals surface area contributed by atoms with E-state index in [0.717, 1.165) is 6.42 Å². The molecule has 2 aromatic heterocycles. The van der Waals surface area contributed by atoms with Gasteiger partial charge in [-0.1, -0.05) is 6.07 Å². The van der Waals surface area contributed by atoms with Crippen LogP contribution in [0.2, 0.25) is 0 Å². The van der Waals surface area contributed by atoms with Crippen LogP contribution >= 0.6 is 11.3 Å². The molecule has 0 saturated heterocycles. The SMILES string of the molecule is CNc1nc(OCCc2cccs2)nc(OC(C)C)n1. The number of aromatic nitrogens is 3. The first-order chi connectivity index (χ1) is 9.67. The van der Waals surface area contributed by atoms with Crippen LogP contribution in [-0.2, 0) is 6.42 Å². The highest BCUT2D eigenvalue weighted by Gasteiger charge is 2.09. The van der Waals surface area contributed by atoms with Crippen LogP contribution in [0.4, 0.5) is 5.95 Å². The second-order valence-corrected chi connectivity index (χ2v) is 5.35. The van der Waals surface area contributed by atoms with Crippen LogP contribution in [0.25, 0.3) is 0 Å². The Kier molecular flexibility index (Phi) is 5.11. The van der Waals surface area contributed by atoms with Crippen LogP contribution in [0.1, 0.15) is 18.7 Å². The summed E-state index contributed by atoms with van der Waals surface area (Å²) in [6.07, 6.45) is 0.833. The third-order valence-electron chi connectivity index (χ3n) is 2.32. The van der Waals surface area contributed by atoms with E-state index in [9.17, 15) is 0 Å². The summed E-state index contributed by atoms with van der Waals surface area (Å²) in [6.45, 7) is 4.36. The largest absolute Gasteiger partial charge is 0.463 e. The molecule has 0 aliphatic carbocycles. The number of nitrogens with one attached hydrogen (secondary N) is 1. The Morgan fingerprint density at radius 2 is 2.05 bits per heavy atom. The van der Waals surface area contributed by atoms with Gasteiger partial charge in [0.25, 0.3) is 0 Å². The summed E-state index contributed by atoms with van der Waals surface area (Å²) < 4.78 is 11.0. The molecule has 2 aromatic rings. The van der Waals surface area contributed by atoms with Crippen molar-refractivity contribution in [1.82, 2.24) is 15.0 Å². The molecule has 0 bridgehead atoms.